The number of rotatable bonds is 1. The van der Waals surface area contributed by atoms with Crippen molar-refractivity contribution < 1.29 is 14.3 Å². The molecule has 2 aromatic heterocycles. The minimum Gasteiger partial charge on any atom is -0.445 e. The molecule has 3 rings (SSSR count). The number of ether oxygens (including phenoxy) is 2. The number of carbonyl (C=O) groups excluding carboxylic acids is 1. The van der Waals surface area contributed by atoms with Crippen LogP contribution in [0.25, 0.3) is 11.0 Å². The van der Waals surface area contributed by atoms with Gasteiger partial charge in [-0.1, -0.05) is 0 Å². The van der Waals surface area contributed by atoms with Gasteiger partial charge < -0.3 is 9.47 Å². The molecule has 19 heavy (non-hydrogen) atoms. The molecule has 0 N–H and O–H groups in total. The van der Waals surface area contributed by atoms with Gasteiger partial charge in [-0.25, -0.2) is 4.79 Å². The third-order valence-corrected chi connectivity index (χ3v) is 3.57. The Bertz CT molecular complexity index is 605. The van der Waals surface area contributed by atoms with Gasteiger partial charge in [0.05, 0.1) is 24.2 Å². The fourth-order valence-corrected chi connectivity index (χ4v) is 2.46. The summed E-state index contributed by atoms with van der Waals surface area (Å²) in [7, 11) is 0. The second-order valence-corrected chi connectivity index (χ2v) is 5.35. The summed E-state index contributed by atoms with van der Waals surface area (Å²) in [5, 5.41) is 0. The first-order valence-corrected chi connectivity index (χ1v) is 6.95. The molecule has 0 bridgehead atoms. The minimum absolute atomic E-state index is 0.0567. The van der Waals surface area contributed by atoms with E-state index in [1.54, 1.807) is 18.5 Å². The normalized spacial score (nSPS) is 16.7. The van der Waals surface area contributed by atoms with Crippen LogP contribution in [0.4, 0.5) is 4.79 Å². The molecule has 5 nitrogen and oxygen atoms in total. The van der Waals surface area contributed by atoms with Crippen molar-refractivity contribution in [2.24, 2.45) is 0 Å². The van der Waals surface area contributed by atoms with Crippen molar-refractivity contribution in [3.63, 3.8) is 0 Å². The fourth-order valence-electron chi connectivity index (χ4n) is 2.14. The average Bonchev–Trinajstić information content (AvgIpc) is 2.82. The maximum atomic E-state index is 12.2. The van der Waals surface area contributed by atoms with Crippen LogP contribution in [-0.2, 0) is 9.47 Å². The monoisotopic (exact) mass is 324 g/mol. The van der Waals surface area contributed by atoms with E-state index >= 15 is 0 Å². The molecule has 0 aliphatic carbocycles. The van der Waals surface area contributed by atoms with Crippen molar-refractivity contribution in [1.29, 1.82) is 0 Å². The maximum Gasteiger partial charge on any atom is 0.418 e. The van der Waals surface area contributed by atoms with Crippen molar-refractivity contribution >= 4 is 33.1 Å². The van der Waals surface area contributed by atoms with Gasteiger partial charge in [0.25, 0.3) is 0 Å². The molecule has 0 amide bonds. The Hall–Kier alpha value is -1.40. The van der Waals surface area contributed by atoms with Crippen LogP contribution in [0.1, 0.15) is 12.8 Å². The summed E-state index contributed by atoms with van der Waals surface area (Å²) in [6.07, 6.45) is 4.49. The summed E-state index contributed by atoms with van der Waals surface area (Å²) in [5.41, 5.74) is 1.51. The first-order chi connectivity index (χ1) is 9.24. The predicted octanol–water partition coefficient (Wildman–Crippen LogP) is 2.96. The van der Waals surface area contributed by atoms with Gasteiger partial charge in [-0.15, -0.1) is 0 Å². The molecule has 1 aliphatic heterocycles. The molecule has 1 saturated heterocycles. The van der Waals surface area contributed by atoms with Crippen molar-refractivity contribution in [2.75, 3.05) is 13.2 Å². The van der Waals surface area contributed by atoms with Crippen molar-refractivity contribution in [3.8, 4) is 0 Å². The first kappa shape index (κ1) is 12.6. The minimum atomic E-state index is -0.359. The van der Waals surface area contributed by atoms with Gasteiger partial charge in [-0.05, 0) is 28.1 Å². The van der Waals surface area contributed by atoms with Crippen LogP contribution < -0.4 is 0 Å². The smallest absolute Gasteiger partial charge is 0.418 e. The summed E-state index contributed by atoms with van der Waals surface area (Å²) in [5.74, 6) is 0. The van der Waals surface area contributed by atoms with E-state index in [2.05, 4.69) is 20.9 Å². The van der Waals surface area contributed by atoms with Crippen molar-refractivity contribution in [2.45, 2.75) is 18.9 Å². The van der Waals surface area contributed by atoms with Gasteiger partial charge in [-0.2, -0.15) is 0 Å². The highest BCUT2D eigenvalue weighted by Gasteiger charge is 2.20. The highest BCUT2D eigenvalue weighted by atomic mass is 79.9. The van der Waals surface area contributed by atoms with Gasteiger partial charge in [-0.3, -0.25) is 9.55 Å². The van der Waals surface area contributed by atoms with Crippen molar-refractivity contribution in [3.05, 3.63) is 29.0 Å². The van der Waals surface area contributed by atoms with Gasteiger partial charge in [0.15, 0.2) is 0 Å². The second-order valence-electron chi connectivity index (χ2n) is 4.44. The zero-order valence-electron chi connectivity index (χ0n) is 10.2. The molecular weight excluding hydrogens is 312 g/mol. The lowest BCUT2D eigenvalue weighted by molar-refractivity contribution is 0.00231. The molecule has 0 saturated carbocycles. The molecular formula is C13H13BrN2O3. The SMILES string of the molecule is O=C(OC1CCOCC1)n1ccc2ncc(Br)cc21. The molecule has 0 spiro atoms. The zero-order chi connectivity index (χ0) is 13.2. The zero-order valence-corrected chi connectivity index (χ0v) is 11.8. The van der Waals surface area contributed by atoms with E-state index in [4.69, 9.17) is 9.47 Å². The largest absolute Gasteiger partial charge is 0.445 e. The number of fused-ring (bicyclic) bond motifs is 1. The molecule has 1 aliphatic rings. The van der Waals surface area contributed by atoms with Crippen LogP contribution in [0.3, 0.4) is 0 Å². The van der Waals surface area contributed by atoms with Gasteiger partial charge in [0.2, 0.25) is 0 Å². The van der Waals surface area contributed by atoms with E-state index < -0.39 is 0 Å². The van der Waals surface area contributed by atoms with Gasteiger partial charge in [0.1, 0.15) is 6.10 Å². The summed E-state index contributed by atoms with van der Waals surface area (Å²) < 4.78 is 13.0. The topological polar surface area (TPSA) is 53.4 Å². The van der Waals surface area contributed by atoms with Crippen LogP contribution in [0.2, 0.25) is 0 Å². The summed E-state index contributed by atoms with van der Waals surface area (Å²) >= 11 is 3.35. The lowest BCUT2D eigenvalue weighted by atomic mass is 10.2. The Balaban J connectivity index is 1.82. The average molecular weight is 325 g/mol. The predicted molar refractivity (Wildman–Crippen MR) is 73.2 cm³/mol. The molecule has 3 heterocycles. The highest BCUT2D eigenvalue weighted by Crippen LogP contribution is 2.20. The van der Waals surface area contributed by atoms with Crippen LogP contribution in [-0.4, -0.2) is 35.0 Å². The van der Waals surface area contributed by atoms with E-state index in [1.165, 1.54) is 4.57 Å². The van der Waals surface area contributed by atoms with E-state index in [0.717, 1.165) is 28.3 Å². The van der Waals surface area contributed by atoms with Crippen molar-refractivity contribution in [1.82, 2.24) is 9.55 Å². The van der Waals surface area contributed by atoms with E-state index in [-0.39, 0.29) is 12.2 Å². The van der Waals surface area contributed by atoms with Gasteiger partial charge in [0, 0.05) is 29.7 Å². The summed E-state index contributed by atoms with van der Waals surface area (Å²) in [6.45, 7) is 1.30. The number of hydrogen-bond acceptors (Lipinski definition) is 4. The Labute approximate surface area is 118 Å². The number of aromatic nitrogens is 2. The fraction of sp³-hybridized carbons (Fsp3) is 0.385. The Morgan fingerprint density at radius 1 is 1.47 bits per heavy atom. The molecule has 6 heteroatoms. The number of nitrogens with zero attached hydrogens (tertiary/aromatic N) is 2. The van der Waals surface area contributed by atoms with E-state index in [9.17, 15) is 4.79 Å². The van der Waals surface area contributed by atoms with Crippen LogP contribution in [0.5, 0.6) is 0 Å². The molecule has 0 aromatic carbocycles. The quantitative estimate of drug-likeness (QED) is 0.809. The molecule has 2 aromatic rings. The number of carbonyl (C=O) groups is 1. The Morgan fingerprint density at radius 2 is 2.26 bits per heavy atom. The maximum absolute atomic E-state index is 12.2. The molecule has 100 valence electrons. The number of halogens is 1. The lowest BCUT2D eigenvalue weighted by Crippen LogP contribution is -2.27. The molecule has 0 unspecified atom stereocenters. The van der Waals surface area contributed by atoms with E-state index in [0.29, 0.717) is 13.2 Å². The highest BCUT2D eigenvalue weighted by molar-refractivity contribution is 9.10. The summed E-state index contributed by atoms with van der Waals surface area (Å²) in [4.78, 5) is 16.4. The van der Waals surface area contributed by atoms with E-state index in [1.807, 2.05) is 6.07 Å². The standard InChI is InChI=1S/C13H13BrN2O3/c14-9-7-12-11(15-8-9)1-4-16(12)13(17)19-10-2-5-18-6-3-10/h1,4,7-8,10H,2-3,5-6H2. The second kappa shape index (κ2) is 5.30. The Kier molecular flexibility index (Phi) is 3.52. The molecule has 1 fully saturated rings. The van der Waals surface area contributed by atoms with Gasteiger partial charge >= 0.3 is 6.09 Å². The van der Waals surface area contributed by atoms with Crippen LogP contribution in [0.15, 0.2) is 29.0 Å². The lowest BCUT2D eigenvalue weighted by Gasteiger charge is -2.22. The first-order valence-electron chi connectivity index (χ1n) is 6.15. The molecule has 0 atom stereocenters. The summed E-state index contributed by atoms with van der Waals surface area (Å²) in [6, 6.07) is 3.65. The number of hydrogen-bond donors (Lipinski definition) is 0. The number of pyridine rings is 1. The Morgan fingerprint density at radius 3 is 3.05 bits per heavy atom. The molecule has 0 radical (unpaired) electrons. The van der Waals surface area contributed by atoms with Crippen LogP contribution in [0, 0.1) is 0 Å². The van der Waals surface area contributed by atoms with Crippen LogP contribution >= 0.6 is 15.9 Å². The third kappa shape index (κ3) is 2.64. The third-order valence-electron chi connectivity index (χ3n) is 3.14.